The molecule has 2 aliphatic rings. The molecule has 7 nitrogen and oxygen atoms in total. The summed E-state index contributed by atoms with van der Waals surface area (Å²) in [6.45, 7) is 0.235. The Bertz CT molecular complexity index is 704. The average Bonchev–Trinajstić information content (AvgIpc) is 2.94. The number of hydrogen-bond donors (Lipinski definition) is 2. The van der Waals surface area contributed by atoms with Crippen molar-refractivity contribution in [1.82, 2.24) is 10.2 Å². The van der Waals surface area contributed by atoms with Crippen LogP contribution in [0.15, 0.2) is 24.3 Å². The number of amides is 3. The smallest absolute Gasteiger partial charge is 0.306 e. The molecule has 26 heavy (non-hydrogen) atoms. The summed E-state index contributed by atoms with van der Waals surface area (Å²) < 4.78 is 0. The summed E-state index contributed by atoms with van der Waals surface area (Å²) in [5.41, 5.74) is 1.31. The van der Waals surface area contributed by atoms with Crippen LogP contribution in [0.3, 0.4) is 0 Å². The zero-order chi connectivity index (χ0) is 18.7. The molecule has 1 saturated heterocycles. The van der Waals surface area contributed by atoms with Gasteiger partial charge in [-0.05, 0) is 43.4 Å². The van der Waals surface area contributed by atoms with Crippen molar-refractivity contribution in [3.63, 3.8) is 0 Å². The summed E-state index contributed by atoms with van der Waals surface area (Å²) in [5, 5.41) is 12.0. The number of rotatable bonds is 5. The minimum absolute atomic E-state index is 0.00220. The topological polar surface area (TPSA) is 104 Å². The molecule has 0 spiro atoms. The van der Waals surface area contributed by atoms with Crippen LogP contribution in [-0.4, -0.2) is 39.7 Å². The third-order valence-corrected chi connectivity index (χ3v) is 5.12. The number of nitrogens with zero attached hydrogens (tertiary/aromatic N) is 1. The van der Waals surface area contributed by atoms with Crippen LogP contribution in [0.4, 0.5) is 0 Å². The maximum Gasteiger partial charge on any atom is 0.306 e. The molecule has 0 unspecified atom stereocenters. The van der Waals surface area contributed by atoms with Gasteiger partial charge >= 0.3 is 5.97 Å². The molecular weight excluding hydrogens is 336 g/mol. The predicted molar refractivity (Wildman–Crippen MR) is 92.1 cm³/mol. The zero-order valence-electron chi connectivity index (χ0n) is 14.4. The van der Waals surface area contributed by atoms with Gasteiger partial charge in [-0.3, -0.25) is 24.1 Å². The number of aliphatic carboxylic acids is 1. The molecule has 1 saturated carbocycles. The van der Waals surface area contributed by atoms with Gasteiger partial charge in [-0.1, -0.05) is 12.1 Å². The Morgan fingerprint density at radius 2 is 1.58 bits per heavy atom. The number of carboxylic acid groups (broad SMARTS) is 1. The molecule has 7 heteroatoms. The number of imide groups is 1. The SMILES string of the molecule is O=C(NC1CCC(C(=O)O)CC1)c1ccc(CN2C(=O)CCC2=O)cc1. The van der Waals surface area contributed by atoms with Gasteiger partial charge in [0, 0.05) is 24.4 Å². The van der Waals surface area contributed by atoms with Gasteiger partial charge in [0.2, 0.25) is 11.8 Å². The largest absolute Gasteiger partial charge is 0.481 e. The van der Waals surface area contributed by atoms with E-state index in [4.69, 9.17) is 5.11 Å². The summed E-state index contributed by atoms with van der Waals surface area (Å²) in [4.78, 5) is 47.9. The van der Waals surface area contributed by atoms with Gasteiger partial charge in [-0.15, -0.1) is 0 Å². The lowest BCUT2D eigenvalue weighted by atomic mass is 9.86. The van der Waals surface area contributed by atoms with E-state index in [1.807, 2.05) is 0 Å². The molecule has 1 aliphatic carbocycles. The number of carbonyl (C=O) groups is 4. The first-order chi connectivity index (χ1) is 12.4. The van der Waals surface area contributed by atoms with Gasteiger partial charge < -0.3 is 10.4 Å². The maximum atomic E-state index is 12.3. The van der Waals surface area contributed by atoms with E-state index < -0.39 is 5.97 Å². The van der Waals surface area contributed by atoms with Crippen molar-refractivity contribution in [3.05, 3.63) is 35.4 Å². The second-order valence-electron chi connectivity index (χ2n) is 6.93. The molecule has 1 aromatic rings. The Balaban J connectivity index is 1.53. The van der Waals surface area contributed by atoms with Crippen LogP contribution in [0.25, 0.3) is 0 Å². The first-order valence-corrected chi connectivity index (χ1v) is 8.90. The van der Waals surface area contributed by atoms with Gasteiger partial charge in [0.25, 0.3) is 5.91 Å². The second-order valence-corrected chi connectivity index (χ2v) is 6.93. The van der Waals surface area contributed by atoms with Gasteiger partial charge in [0.1, 0.15) is 0 Å². The van der Waals surface area contributed by atoms with Crippen LogP contribution < -0.4 is 5.32 Å². The van der Waals surface area contributed by atoms with E-state index in [9.17, 15) is 19.2 Å². The number of likely N-dealkylation sites (tertiary alicyclic amines) is 1. The first-order valence-electron chi connectivity index (χ1n) is 8.90. The van der Waals surface area contributed by atoms with Crippen LogP contribution in [0.1, 0.15) is 54.4 Å². The Labute approximate surface area is 151 Å². The standard InChI is InChI=1S/C19H22N2O5/c22-16-9-10-17(23)21(16)11-12-1-3-13(4-2-12)18(24)20-15-7-5-14(6-8-15)19(25)26/h1-4,14-15H,5-11H2,(H,20,24)(H,25,26). The van der Waals surface area contributed by atoms with Crippen molar-refractivity contribution in [2.24, 2.45) is 5.92 Å². The van der Waals surface area contributed by atoms with Crippen LogP contribution in [-0.2, 0) is 20.9 Å². The molecule has 2 N–H and O–H groups in total. The van der Waals surface area contributed by atoms with E-state index in [2.05, 4.69) is 5.32 Å². The highest BCUT2D eigenvalue weighted by Crippen LogP contribution is 2.24. The van der Waals surface area contributed by atoms with Gasteiger partial charge in [0.05, 0.1) is 12.5 Å². The quantitative estimate of drug-likeness (QED) is 0.780. The monoisotopic (exact) mass is 358 g/mol. The summed E-state index contributed by atoms with van der Waals surface area (Å²) in [6, 6.07) is 6.85. The van der Waals surface area contributed by atoms with Gasteiger partial charge in [0.15, 0.2) is 0 Å². The minimum atomic E-state index is -0.764. The third-order valence-electron chi connectivity index (χ3n) is 5.12. The second kappa shape index (κ2) is 7.68. The Kier molecular flexibility index (Phi) is 5.35. The van der Waals surface area contributed by atoms with E-state index >= 15 is 0 Å². The fourth-order valence-electron chi connectivity index (χ4n) is 3.50. The van der Waals surface area contributed by atoms with Gasteiger partial charge in [-0.25, -0.2) is 0 Å². The summed E-state index contributed by atoms with van der Waals surface area (Å²) >= 11 is 0. The number of carboxylic acids is 1. The lowest BCUT2D eigenvalue weighted by Crippen LogP contribution is -2.38. The zero-order valence-corrected chi connectivity index (χ0v) is 14.4. The normalized spacial score (nSPS) is 23.2. The molecule has 1 heterocycles. The van der Waals surface area contributed by atoms with Crippen molar-refractivity contribution in [3.8, 4) is 0 Å². The van der Waals surface area contributed by atoms with Crippen molar-refractivity contribution in [2.45, 2.75) is 51.1 Å². The molecule has 0 radical (unpaired) electrons. The lowest BCUT2D eigenvalue weighted by Gasteiger charge is -2.26. The first kappa shape index (κ1) is 18.1. The Morgan fingerprint density at radius 3 is 2.12 bits per heavy atom. The lowest BCUT2D eigenvalue weighted by molar-refractivity contribution is -0.143. The van der Waals surface area contributed by atoms with E-state index in [1.165, 1.54) is 4.90 Å². The summed E-state index contributed by atoms with van der Waals surface area (Å²) in [7, 11) is 0. The van der Waals surface area contributed by atoms with Crippen LogP contribution in [0, 0.1) is 5.92 Å². The highest BCUT2D eigenvalue weighted by atomic mass is 16.4. The van der Waals surface area contributed by atoms with Crippen molar-refractivity contribution in [2.75, 3.05) is 0 Å². The van der Waals surface area contributed by atoms with E-state index in [1.54, 1.807) is 24.3 Å². The number of hydrogen-bond acceptors (Lipinski definition) is 4. The van der Waals surface area contributed by atoms with Crippen LogP contribution >= 0.6 is 0 Å². The number of benzene rings is 1. The van der Waals surface area contributed by atoms with Crippen molar-refractivity contribution in [1.29, 1.82) is 0 Å². The Hall–Kier alpha value is -2.70. The van der Waals surface area contributed by atoms with Crippen molar-refractivity contribution < 1.29 is 24.3 Å². The Morgan fingerprint density at radius 1 is 1.00 bits per heavy atom. The van der Waals surface area contributed by atoms with Crippen LogP contribution in [0.5, 0.6) is 0 Å². The fraction of sp³-hybridized carbons (Fsp3) is 0.474. The molecule has 0 atom stereocenters. The summed E-state index contributed by atoms with van der Waals surface area (Å²) in [5.74, 6) is -1.58. The van der Waals surface area contributed by atoms with E-state index in [0.717, 1.165) is 5.56 Å². The molecule has 138 valence electrons. The molecule has 0 bridgehead atoms. The number of carbonyl (C=O) groups excluding carboxylic acids is 3. The molecule has 1 aliphatic heterocycles. The number of nitrogens with one attached hydrogen (secondary N) is 1. The molecule has 3 rings (SSSR count). The minimum Gasteiger partial charge on any atom is -0.481 e. The molecule has 0 aromatic heterocycles. The summed E-state index contributed by atoms with van der Waals surface area (Å²) in [6.07, 6.45) is 3.03. The third kappa shape index (κ3) is 4.09. The maximum absolute atomic E-state index is 12.3. The average molecular weight is 358 g/mol. The molecule has 3 amide bonds. The highest BCUT2D eigenvalue weighted by molar-refractivity contribution is 6.01. The molecule has 1 aromatic carbocycles. The molecule has 2 fully saturated rings. The highest BCUT2D eigenvalue weighted by Gasteiger charge is 2.29. The fourth-order valence-corrected chi connectivity index (χ4v) is 3.50. The van der Waals surface area contributed by atoms with Gasteiger partial charge in [-0.2, -0.15) is 0 Å². The molecular formula is C19H22N2O5. The predicted octanol–water partition coefficient (Wildman–Crippen LogP) is 1.71. The van der Waals surface area contributed by atoms with E-state index in [-0.39, 0.29) is 49.1 Å². The van der Waals surface area contributed by atoms with Crippen LogP contribution in [0.2, 0.25) is 0 Å². The van der Waals surface area contributed by atoms with Crippen molar-refractivity contribution >= 4 is 23.7 Å². The van der Waals surface area contributed by atoms with E-state index in [0.29, 0.717) is 31.2 Å².